The van der Waals surface area contributed by atoms with Crippen LogP contribution >= 0.6 is 0 Å². The Hall–Kier alpha value is -0.880. The molecule has 0 saturated heterocycles. The van der Waals surface area contributed by atoms with Crippen LogP contribution in [-0.2, 0) is 0 Å². The van der Waals surface area contributed by atoms with Crippen molar-refractivity contribution >= 4 is 0 Å². The van der Waals surface area contributed by atoms with Crippen LogP contribution in [0.1, 0.15) is 26.2 Å². The minimum Gasteiger partial charge on any atom is -0.120 e. The van der Waals surface area contributed by atoms with Crippen LogP contribution in [0.25, 0.3) is 0 Å². The minimum absolute atomic E-state index is 0.589. The van der Waals surface area contributed by atoms with E-state index in [-0.39, 0.29) is 0 Å². The van der Waals surface area contributed by atoms with Gasteiger partial charge >= 0.3 is 0 Å². The van der Waals surface area contributed by atoms with E-state index in [1.54, 1.807) is 0 Å². The SMILES string of the molecule is C#CCCC(C)CC#C. The van der Waals surface area contributed by atoms with Gasteiger partial charge in [0.1, 0.15) is 0 Å². The molecule has 1 atom stereocenters. The first-order valence-electron chi connectivity index (χ1n) is 3.18. The van der Waals surface area contributed by atoms with Crippen LogP contribution in [0.5, 0.6) is 0 Å². The van der Waals surface area contributed by atoms with Gasteiger partial charge in [-0.05, 0) is 12.3 Å². The predicted molar refractivity (Wildman–Crippen MR) is 40.7 cm³/mol. The normalized spacial score (nSPS) is 11.4. The van der Waals surface area contributed by atoms with Gasteiger partial charge in [0.25, 0.3) is 0 Å². The molecule has 0 aliphatic carbocycles. The number of hydrogen-bond donors (Lipinski definition) is 0. The van der Waals surface area contributed by atoms with Crippen molar-refractivity contribution in [3.05, 3.63) is 0 Å². The van der Waals surface area contributed by atoms with Gasteiger partial charge in [-0.1, -0.05) is 6.92 Å². The monoisotopic (exact) mass is 120 g/mol. The lowest BCUT2D eigenvalue weighted by Crippen LogP contribution is -1.90. The Morgan fingerprint density at radius 2 is 2.00 bits per heavy atom. The third-order valence-corrected chi connectivity index (χ3v) is 1.25. The van der Waals surface area contributed by atoms with Crippen molar-refractivity contribution in [1.29, 1.82) is 0 Å². The van der Waals surface area contributed by atoms with Gasteiger partial charge in [0.05, 0.1) is 0 Å². The molecule has 0 rings (SSSR count). The second-order valence-electron chi connectivity index (χ2n) is 2.26. The fourth-order valence-electron chi connectivity index (χ4n) is 0.633. The average molecular weight is 120 g/mol. The molecule has 48 valence electrons. The Labute approximate surface area is 57.7 Å². The van der Waals surface area contributed by atoms with Crippen molar-refractivity contribution in [2.24, 2.45) is 5.92 Å². The van der Waals surface area contributed by atoms with Gasteiger partial charge in [-0.25, -0.2) is 0 Å². The van der Waals surface area contributed by atoms with Gasteiger partial charge in [-0.3, -0.25) is 0 Å². The summed E-state index contributed by atoms with van der Waals surface area (Å²) in [6.07, 6.45) is 12.9. The molecule has 0 N–H and O–H groups in total. The Morgan fingerprint density at radius 3 is 2.44 bits per heavy atom. The zero-order chi connectivity index (χ0) is 7.11. The van der Waals surface area contributed by atoms with Crippen LogP contribution in [0.4, 0.5) is 0 Å². The zero-order valence-corrected chi connectivity index (χ0v) is 5.85. The van der Waals surface area contributed by atoms with E-state index in [0.717, 1.165) is 19.3 Å². The summed E-state index contributed by atoms with van der Waals surface area (Å²) in [6, 6.07) is 0. The maximum Gasteiger partial charge on any atom is 0.0112 e. The highest BCUT2D eigenvalue weighted by Crippen LogP contribution is 2.07. The predicted octanol–water partition coefficient (Wildman–Crippen LogP) is 2.06. The second-order valence-corrected chi connectivity index (χ2v) is 2.26. The van der Waals surface area contributed by atoms with Crippen molar-refractivity contribution in [2.75, 3.05) is 0 Å². The molecular formula is C9H12. The third-order valence-electron chi connectivity index (χ3n) is 1.25. The highest BCUT2D eigenvalue weighted by molar-refractivity contribution is 4.88. The third kappa shape index (κ3) is 4.98. The van der Waals surface area contributed by atoms with Crippen molar-refractivity contribution < 1.29 is 0 Å². The fourth-order valence-corrected chi connectivity index (χ4v) is 0.633. The van der Waals surface area contributed by atoms with E-state index in [9.17, 15) is 0 Å². The summed E-state index contributed by atoms with van der Waals surface area (Å²) in [5.74, 6) is 5.79. The molecule has 0 nitrogen and oxygen atoms in total. The zero-order valence-electron chi connectivity index (χ0n) is 5.85. The van der Waals surface area contributed by atoms with E-state index < -0.39 is 0 Å². The molecule has 0 spiro atoms. The van der Waals surface area contributed by atoms with Gasteiger partial charge in [-0.15, -0.1) is 24.7 Å². The summed E-state index contributed by atoms with van der Waals surface area (Å²) in [5, 5.41) is 0. The number of hydrogen-bond acceptors (Lipinski definition) is 0. The molecule has 0 heterocycles. The standard InChI is InChI=1S/C9H12/c1-4-6-8-9(3)7-5-2/h1-2,9H,6-8H2,3H3. The molecule has 0 aromatic carbocycles. The summed E-state index contributed by atoms with van der Waals surface area (Å²) in [7, 11) is 0. The molecule has 0 bridgehead atoms. The molecule has 0 aliphatic rings. The molecule has 0 radical (unpaired) electrons. The van der Waals surface area contributed by atoms with E-state index >= 15 is 0 Å². The van der Waals surface area contributed by atoms with E-state index in [0.29, 0.717) is 5.92 Å². The molecule has 0 amide bonds. The van der Waals surface area contributed by atoms with Crippen molar-refractivity contribution in [2.45, 2.75) is 26.2 Å². The highest BCUT2D eigenvalue weighted by Gasteiger charge is 1.95. The summed E-state index contributed by atoms with van der Waals surface area (Å²) in [6.45, 7) is 2.12. The first kappa shape index (κ1) is 8.12. The Kier molecular flexibility index (Phi) is 4.75. The number of terminal acetylenes is 2. The molecule has 0 aliphatic heterocycles. The second kappa shape index (κ2) is 5.26. The summed E-state index contributed by atoms with van der Waals surface area (Å²) < 4.78 is 0. The van der Waals surface area contributed by atoms with Crippen LogP contribution in [0, 0.1) is 30.6 Å². The summed E-state index contributed by atoms with van der Waals surface area (Å²) in [4.78, 5) is 0. The highest BCUT2D eigenvalue weighted by atomic mass is 14.0. The van der Waals surface area contributed by atoms with Crippen LogP contribution in [0.3, 0.4) is 0 Å². The molecule has 0 saturated carbocycles. The molecule has 1 unspecified atom stereocenters. The molecular weight excluding hydrogens is 108 g/mol. The number of rotatable bonds is 3. The first-order valence-corrected chi connectivity index (χ1v) is 3.18. The lowest BCUT2D eigenvalue weighted by atomic mass is 10.0. The maximum absolute atomic E-state index is 5.10. The molecule has 0 aromatic rings. The maximum atomic E-state index is 5.10. The lowest BCUT2D eigenvalue weighted by molar-refractivity contribution is 0.559. The van der Waals surface area contributed by atoms with Gasteiger partial charge in [0.2, 0.25) is 0 Å². The van der Waals surface area contributed by atoms with Crippen LogP contribution < -0.4 is 0 Å². The van der Waals surface area contributed by atoms with E-state index in [4.69, 9.17) is 12.8 Å². The summed E-state index contributed by atoms with van der Waals surface area (Å²) >= 11 is 0. The lowest BCUT2D eigenvalue weighted by Gasteiger charge is -2.01. The van der Waals surface area contributed by atoms with Crippen LogP contribution in [-0.4, -0.2) is 0 Å². The molecule has 0 fully saturated rings. The first-order chi connectivity index (χ1) is 4.31. The van der Waals surface area contributed by atoms with Gasteiger partial charge in [-0.2, -0.15) is 0 Å². The van der Waals surface area contributed by atoms with Crippen molar-refractivity contribution in [3.8, 4) is 24.7 Å². The van der Waals surface area contributed by atoms with Crippen molar-refractivity contribution in [1.82, 2.24) is 0 Å². The van der Waals surface area contributed by atoms with Crippen LogP contribution in [0.2, 0.25) is 0 Å². The fraction of sp³-hybridized carbons (Fsp3) is 0.556. The topological polar surface area (TPSA) is 0 Å². The van der Waals surface area contributed by atoms with Gasteiger partial charge in [0.15, 0.2) is 0 Å². The average Bonchev–Trinajstić information content (AvgIpc) is 1.85. The van der Waals surface area contributed by atoms with Crippen molar-refractivity contribution in [3.63, 3.8) is 0 Å². The summed E-state index contributed by atoms with van der Waals surface area (Å²) in [5.41, 5.74) is 0. The van der Waals surface area contributed by atoms with Gasteiger partial charge < -0.3 is 0 Å². The molecule has 9 heavy (non-hydrogen) atoms. The Bertz CT molecular complexity index is 131. The van der Waals surface area contributed by atoms with E-state index in [2.05, 4.69) is 18.8 Å². The molecule has 0 heteroatoms. The van der Waals surface area contributed by atoms with Gasteiger partial charge in [0, 0.05) is 12.8 Å². The molecule has 0 aromatic heterocycles. The Morgan fingerprint density at radius 1 is 1.33 bits per heavy atom. The smallest absolute Gasteiger partial charge is 0.0112 e. The quantitative estimate of drug-likeness (QED) is 0.500. The largest absolute Gasteiger partial charge is 0.120 e. The van der Waals surface area contributed by atoms with E-state index in [1.165, 1.54) is 0 Å². The minimum atomic E-state index is 0.589. The van der Waals surface area contributed by atoms with E-state index in [1.807, 2.05) is 0 Å². The van der Waals surface area contributed by atoms with Crippen LogP contribution in [0.15, 0.2) is 0 Å². The Balaban J connectivity index is 3.21.